The Kier molecular flexibility index (Phi) is 9.00. The number of H-pyrrole nitrogens is 1. The van der Waals surface area contributed by atoms with Gasteiger partial charge in [-0.2, -0.15) is 4.31 Å². The van der Waals surface area contributed by atoms with E-state index in [4.69, 9.17) is 14.0 Å². The summed E-state index contributed by atoms with van der Waals surface area (Å²) in [6.07, 6.45) is -6.35. The molecule has 0 saturated carbocycles. The normalized spacial score (nSPS) is 25.0. The van der Waals surface area contributed by atoms with E-state index in [1.807, 2.05) is 4.98 Å². The molecule has 1 aromatic heterocycles. The van der Waals surface area contributed by atoms with Crippen molar-refractivity contribution in [2.24, 2.45) is 0 Å². The number of benzene rings is 1. The van der Waals surface area contributed by atoms with Crippen LogP contribution < -0.4 is 16.6 Å². The molecule has 1 aliphatic heterocycles. The lowest BCUT2D eigenvalue weighted by molar-refractivity contribution is -0.0544. The molecule has 0 radical (unpaired) electrons. The van der Waals surface area contributed by atoms with Crippen LogP contribution in [0.4, 0.5) is 10.5 Å². The van der Waals surface area contributed by atoms with Crippen LogP contribution in [0.5, 0.6) is 0 Å². The van der Waals surface area contributed by atoms with Gasteiger partial charge in [0.1, 0.15) is 12.2 Å². The van der Waals surface area contributed by atoms with E-state index in [9.17, 15) is 38.4 Å². The molecule has 6 unspecified atom stereocenters. The molecule has 0 spiro atoms. The van der Waals surface area contributed by atoms with Gasteiger partial charge >= 0.3 is 27.4 Å². The van der Waals surface area contributed by atoms with Crippen LogP contribution in [-0.2, 0) is 32.0 Å². The highest BCUT2D eigenvalue weighted by Gasteiger charge is 2.49. The Hall–Kier alpha value is -2.65. The van der Waals surface area contributed by atoms with Gasteiger partial charge in [-0.25, -0.2) is 18.7 Å². The van der Waals surface area contributed by atoms with Crippen molar-refractivity contribution >= 4 is 27.4 Å². The first-order chi connectivity index (χ1) is 16.9. The first-order valence-electron chi connectivity index (χ1n) is 10.2. The van der Waals surface area contributed by atoms with Crippen molar-refractivity contribution in [2.45, 2.75) is 31.5 Å². The number of rotatable bonds is 10. The second-order valence-corrected chi connectivity index (χ2v) is 10.2. The highest BCUT2D eigenvalue weighted by atomic mass is 31.3. The van der Waals surface area contributed by atoms with Gasteiger partial charge < -0.3 is 24.4 Å². The zero-order valence-corrected chi connectivity index (χ0v) is 20.3. The quantitative estimate of drug-likeness (QED) is 0.257. The van der Waals surface area contributed by atoms with Crippen molar-refractivity contribution in [3.8, 4) is 0 Å². The minimum Gasteiger partial charge on any atom is -0.440 e. The molecule has 1 fully saturated rings. The van der Waals surface area contributed by atoms with Crippen LogP contribution in [0.15, 0.2) is 52.2 Å². The summed E-state index contributed by atoms with van der Waals surface area (Å²) in [6, 6.07) is 9.06. The van der Waals surface area contributed by atoms with Crippen molar-refractivity contribution in [3.63, 3.8) is 0 Å². The van der Waals surface area contributed by atoms with E-state index in [-0.39, 0.29) is 6.61 Å². The van der Waals surface area contributed by atoms with Gasteiger partial charge in [0.05, 0.1) is 13.2 Å². The number of aliphatic hydroxyl groups is 1. The van der Waals surface area contributed by atoms with Gasteiger partial charge in [-0.05, 0) is 19.1 Å². The Bertz CT molecular complexity index is 1270. The lowest BCUT2D eigenvalue weighted by Gasteiger charge is -2.22. The molecule has 6 atom stereocenters. The number of anilines is 1. The summed E-state index contributed by atoms with van der Waals surface area (Å²) in [4.78, 5) is 57.1. The molecule has 2 heterocycles. The number of carbonyl (C=O) groups is 1. The molecule has 1 saturated heterocycles. The average molecular weight is 551 g/mol. The maximum Gasteiger partial charge on any atom is 0.481 e. The van der Waals surface area contributed by atoms with Crippen molar-refractivity contribution in [1.29, 1.82) is 0 Å². The number of nitrogens with zero attached hydrogens (tertiary/aromatic N) is 1. The van der Waals surface area contributed by atoms with Gasteiger partial charge in [0.15, 0.2) is 12.3 Å². The molecule has 2 aromatic rings. The number of para-hydroxylation sites is 1. The molecular formula is C18H23N3O13P2. The number of aliphatic hydroxyl groups excluding tert-OH is 1. The first kappa shape index (κ1) is 27.9. The smallest absolute Gasteiger partial charge is 0.440 e. The summed E-state index contributed by atoms with van der Waals surface area (Å²) in [5, 5.41) is 13.2. The summed E-state index contributed by atoms with van der Waals surface area (Å²) in [7, 11) is -10.1. The molecule has 0 bridgehead atoms. The number of aromatic amines is 1. The molecule has 18 heteroatoms. The van der Waals surface area contributed by atoms with E-state index in [0.29, 0.717) is 5.69 Å². The number of amides is 1. The van der Waals surface area contributed by atoms with Gasteiger partial charge in [-0.15, -0.1) is 0 Å². The number of ether oxygens (including phenoxy) is 2. The van der Waals surface area contributed by atoms with Gasteiger partial charge in [0.2, 0.25) is 0 Å². The van der Waals surface area contributed by atoms with E-state index >= 15 is 0 Å². The Morgan fingerprint density at radius 2 is 1.81 bits per heavy atom. The van der Waals surface area contributed by atoms with Crippen LogP contribution in [0.1, 0.15) is 13.2 Å². The average Bonchev–Trinajstić information content (AvgIpc) is 3.07. The minimum absolute atomic E-state index is 0.312. The lowest BCUT2D eigenvalue weighted by Crippen LogP contribution is -2.40. The van der Waals surface area contributed by atoms with Gasteiger partial charge in [-0.1, -0.05) is 18.2 Å². The van der Waals surface area contributed by atoms with Gasteiger partial charge in [0, 0.05) is 18.0 Å². The van der Waals surface area contributed by atoms with Gasteiger partial charge in [0.25, 0.3) is 5.56 Å². The molecule has 1 amide bonds. The fraction of sp³-hybridized carbons (Fsp3) is 0.389. The van der Waals surface area contributed by atoms with E-state index in [2.05, 4.69) is 14.2 Å². The molecule has 1 aliphatic rings. The molecule has 5 N–H and O–H groups in total. The van der Waals surface area contributed by atoms with Crippen LogP contribution in [0.25, 0.3) is 0 Å². The molecule has 36 heavy (non-hydrogen) atoms. The Morgan fingerprint density at radius 3 is 2.44 bits per heavy atom. The molecule has 16 nitrogen and oxygen atoms in total. The maximum atomic E-state index is 12.4. The number of carbonyl (C=O) groups excluding carboxylic acids is 1. The minimum atomic E-state index is -5.21. The topological polar surface area (TPSA) is 225 Å². The zero-order chi connectivity index (χ0) is 26.5. The third kappa shape index (κ3) is 7.43. The predicted octanol–water partition coefficient (Wildman–Crippen LogP) is 0.683. The predicted molar refractivity (Wildman–Crippen MR) is 120 cm³/mol. The van der Waals surface area contributed by atoms with E-state index < -0.39 is 64.1 Å². The Balaban J connectivity index is 1.79. The standard InChI is InChI=1S/C18H23N3O13P2/c1-2-30-35(26,27)34-36(28,29)31-10-12-15(33-18(25)19-11-6-4-3-5-7-11)14(23)16(32-12)21-9-8-13(22)20-17(21)24/h3-9,12,14-16,23H,2,10H2,1H3,(H,19,25)(H,26,27)(H,28,29)(H,20,22,24). The number of hydrogen-bond donors (Lipinski definition) is 5. The SMILES string of the molecule is CCOP(=O)(O)OP(=O)(O)OCC1OC(n2ccc(=O)[nH]c2=O)C(O)C1OC(=O)Nc1ccccc1. The van der Waals surface area contributed by atoms with E-state index in [1.54, 1.807) is 30.3 Å². The molecule has 1 aromatic carbocycles. The third-order valence-electron chi connectivity index (χ3n) is 4.60. The lowest BCUT2D eigenvalue weighted by atomic mass is 10.1. The van der Waals surface area contributed by atoms with Crippen LogP contribution in [-0.4, -0.2) is 62.1 Å². The number of aromatic nitrogens is 2. The number of nitrogens with one attached hydrogen (secondary N) is 2. The van der Waals surface area contributed by atoms with Crippen molar-refractivity contribution in [3.05, 3.63) is 63.4 Å². The summed E-state index contributed by atoms with van der Waals surface area (Å²) in [5.41, 5.74) is -1.34. The number of phosphoric acid groups is 2. The highest BCUT2D eigenvalue weighted by molar-refractivity contribution is 7.61. The fourth-order valence-corrected chi connectivity index (χ4v) is 5.24. The monoisotopic (exact) mass is 551 g/mol. The Morgan fingerprint density at radius 1 is 1.14 bits per heavy atom. The van der Waals surface area contributed by atoms with Crippen molar-refractivity contribution < 1.29 is 51.6 Å². The first-order valence-corrected chi connectivity index (χ1v) is 13.2. The molecule has 3 rings (SSSR count). The Labute approximate surface area is 202 Å². The van der Waals surface area contributed by atoms with E-state index in [1.165, 1.54) is 6.92 Å². The fourth-order valence-electron chi connectivity index (χ4n) is 3.16. The highest BCUT2D eigenvalue weighted by Crippen LogP contribution is 2.60. The third-order valence-corrected chi connectivity index (χ3v) is 7.31. The van der Waals surface area contributed by atoms with Crippen LogP contribution >= 0.6 is 15.6 Å². The second kappa shape index (κ2) is 11.6. The van der Waals surface area contributed by atoms with Crippen LogP contribution in [0, 0.1) is 0 Å². The maximum absolute atomic E-state index is 12.4. The summed E-state index contributed by atoms with van der Waals surface area (Å²) in [5.74, 6) is 0. The zero-order valence-electron chi connectivity index (χ0n) is 18.5. The van der Waals surface area contributed by atoms with Crippen LogP contribution in [0.3, 0.4) is 0 Å². The summed E-state index contributed by atoms with van der Waals surface area (Å²) >= 11 is 0. The number of hydrogen-bond acceptors (Lipinski definition) is 11. The summed E-state index contributed by atoms with van der Waals surface area (Å²) in [6.45, 7) is 0.118. The number of phosphoric ester groups is 2. The molecular weight excluding hydrogens is 528 g/mol. The second-order valence-electron chi connectivity index (χ2n) is 7.17. The van der Waals surface area contributed by atoms with Crippen LogP contribution in [0.2, 0.25) is 0 Å². The summed E-state index contributed by atoms with van der Waals surface area (Å²) < 4.78 is 48.5. The van der Waals surface area contributed by atoms with E-state index in [0.717, 1.165) is 16.8 Å². The van der Waals surface area contributed by atoms with Crippen molar-refractivity contribution in [1.82, 2.24) is 9.55 Å². The van der Waals surface area contributed by atoms with Gasteiger partial charge in [-0.3, -0.25) is 28.7 Å². The van der Waals surface area contributed by atoms with Crippen molar-refractivity contribution in [2.75, 3.05) is 18.5 Å². The largest absolute Gasteiger partial charge is 0.481 e. The molecule has 0 aliphatic carbocycles. The molecule has 198 valence electrons.